The van der Waals surface area contributed by atoms with E-state index in [-0.39, 0.29) is 18.6 Å². The summed E-state index contributed by atoms with van der Waals surface area (Å²) in [7, 11) is 1.48. The summed E-state index contributed by atoms with van der Waals surface area (Å²) in [6, 6.07) is 3.85. The second kappa shape index (κ2) is 7.45. The Kier molecular flexibility index (Phi) is 5.60. The molecule has 1 aromatic rings. The van der Waals surface area contributed by atoms with E-state index in [1.54, 1.807) is 24.0 Å². The number of hydrogen-bond donors (Lipinski definition) is 2. The summed E-state index contributed by atoms with van der Waals surface area (Å²) in [6.07, 6.45) is 1.80. The van der Waals surface area contributed by atoms with E-state index in [0.29, 0.717) is 24.4 Å². The van der Waals surface area contributed by atoms with Crippen molar-refractivity contribution in [2.45, 2.75) is 25.8 Å². The number of rotatable bonds is 4. The Labute approximate surface area is 130 Å². The van der Waals surface area contributed by atoms with Gasteiger partial charge in [-0.3, -0.25) is 0 Å². The third kappa shape index (κ3) is 3.68. The SMILES string of the molecule is COc1cccc(F)c1[C@@H](C)NC(=O)N1CCC[C@H](CO)C1. The summed E-state index contributed by atoms with van der Waals surface area (Å²) in [5.74, 6) is 0.136. The zero-order valence-electron chi connectivity index (χ0n) is 13.0. The Hall–Kier alpha value is -1.82. The third-order valence-electron chi connectivity index (χ3n) is 4.07. The van der Waals surface area contributed by atoms with Crippen LogP contribution in [0.4, 0.5) is 9.18 Å². The number of aliphatic hydroxyl groups excluding tert-OH is 1. The highest BCUT2D eigenvalue weighted by Gasteiger charge is 2.25. The minimum Gasteiger partial charge on any atom is -0.496 e. The van der Waals surface area contributed by atoms with Gasteiger partial charge in [-0.25, -0.2) is 9.18 Å². The van der Waals surface area contributed by atoms with Crippen molar-refractivity contribution in [1.82, 2.24) is 10.2 Å². The minimum absolute atomic E-state index is 0.0838. The maximum absolute atomic E-state index is 14.0. The van der Waals surface area contributed by atoms with Crippen LogP contribution in [0.1, 0.15) is 31.4 Å². The maximum Gasteiger partial charge on any atom is 0.317 e. The molecule has 22 heavy (non-hydrogen) atoms. The molecule has 2 N–H and O–H groups in total. The topological polar surface area (TPSA) is 61.8 Å². The molecule has 2 amide bonds. The summed E-state index contributed by atoms with van der Waals surface area (Å²) in [4.78, 5) is 14.0. The van der Waals surface area contributed by atoms with Crippen molar-refractivity contribution in [2.24, 2.45) is 5.92 Å². The van der Waals surface area contributed by atoms with Crippen LogP contribution in [0.15, 0.2) is 18.2 Å². The van der Waals surface area contributed by atoms with Gasteiger partial charge in [0.25, 0.3) is 0 Å². The normalized spacial score (nSPS) is 19.6. The zero-order chi connectivity index (χ0) is 16.1. The van der Waals surface area contributed by atoms with Gasteiger partial charge in [-0.15, -0.1) is 0 Å². The van der Waals surface area contributed by atoms with Crippen molar-refractivity contribution in [1.29, 1.82) is 0 Å². The highest BCUT2D eigenvalue weighted by molar-refractivity contribution is 5.75. The van der Waals surface area contributed by atoms with Crippen LogP contribution in [0, 0.1) is 11.7 Å². The lowest BCUT2D eigenvalue weighted by Crippen LogP contribution is -2.46. The van der Waals surface area contributed by atoms with Gasteiger partial charge in [0.15, 0.2) is 0 Å². The monoisotopic (exact) mass is 310 g/mol. The smallest absolute Gasteiger partial charge is 0.317 e. The molecule has 0 radical (unpaired) electrons. The first-order chi connectivity index (χ1) is 10.6. The van der Waals surface area contributed by atoms with E-state index in [4.69, 9.17) is 4.74 Å². The van der Waals surface area contributed by atoms with Crippen molar-refractivity contribution in [3.63, 3.8) is 0 Å². The first-order valence-electron chi connectivity index (χ1n) is 7.55. The number of urea groups is 1. The molecule has 5 nitrogen and oxygen atoms in total. The van der Waals surface area contributed by atoms with Crippen molar-refractivity contribution in [2.75, 3.05) is 26.8 Å². The van der Waals surface area contributed by atoms with Gasteiger partial charge in [0.2, 0.25) is 0 Å². The number of nitrogens with one attached hydrogen (secondary N) is 1. The molecule has 1 aliphatic rings. The number of carbonyl (C=O) groups is 1. The molecule has 1 aliphatic heterocycles. The average molecular weight is 310 g/mol. The van der Waals surface area contributed by atoms with Crippen molar-refractivity contribution in [3.8, 4) is 5.75 Å². The molecular weight excluding hydrogens is 287 g/mol. The molecule has 1 saturated heterocycles. The van der Waals surface area contributed by atoms with E-state index in [0.717, 1.165) is 12.8 Å². The summed E-state index contributed by atoms with van der Waals surface area (Å²) >= 11 is 0. The second-order valence-corrected chi connectivity index (χ2v) is 5.66. The van der Waals surface area contributed by atoms with Crippen LogP contribution < -0.4 is 10.1 Å². The third-order valence-corrected chi connectivity index (χ3v) is 4.07. The Morgan fingerprint density at radius 3 is 3.05 bits per heavy atom. The number of hydrogen-bond acceptors (Lipinski definition) is 3. The Morgan fingerprint density at radius 1 is 1.59 bits per heavy atom. The number of benzene rings is 1. The molecule has 122 valence electrons. The molecule has 0 bridgehead atoms. The van der Waals surface area contributed by atoms with Gasteiger partial charge in [-0.2, -0.15) is 0 Å². The first kappa shape index (κ1) is 16.5. The minimum atomic E-state index is -0.502. The standard InChI is InChI=1S/C16H23FN2O3/c1-11(15-13(17)6-3-7-14(15)22-2)18-16(21)19-8-4-5-12(9-19)10-20/h3,6-7,11-12,20H,4-5,8-10H2,1-2H3,(H,18,21)/t11-,12+/m1/s1. The van der Waals surface area contributed by atoms with E-state index >= 15 is 0 Å². The fourth-order valence-corrected chi connectivity index (χ4v) is 2.86. The number of aliphatic hydroxyl groups is 1. The van der Waals surface area contributed by atoms with Gasteiger partial charge in [-0.05, 0) is 37.8 Å². The van der Waals surface area contributed by atoms with Gasteiger partial charge >= 0.3 is 6.03 Å². The van der Waals surface area contributed by atoms with Crippen LogP contribution in [0.2, 0.25) is 0 Å². The highest BCUT2D eigenvalue weighted by Crippen LogP contribution is 2.28. The van der Waals surface area contributed by atoms with Gasteiger partial charge in [-0.1, -0.05) is 6.07 Å². The molecule has 0 spiro atoms. The predicted molar refractivity (Wildman–Crippen MR) is 81.3 cm³/mol. The number of methoxy groups -OCH3 is 1. The molecule has 2 atom stereocenters. The van der Waals surface area contributed by atoms with Crippen LogP contribution in [-0.2, 0) is 0 Å². The largest absolute Gasteiger partial charge is 0.496 e. The number of piperidine rings is 1. The number of amides is 2. The van der Waals surface area contributed by atoms with E-state index in [1.807, 2.05) is 0 Å². The summed E-state index contributed by atoms with van der Waals surface area (Å²) in [5, 5.41) is 12.0. The molecular formula is C16H23FN2O3. The molecule has 0 aliphatic carbocycles. The highest BCUT2D eigenvalue weighted by atomic mass is 19.1. The first-order valence-corrected chi connectivity index (χ1v) is 7.55. The van der Waals surface area contributed by atoms with E-state index < -0.39 is 11.9 Å². The van der Waals surface area contributed by atoms with Crippen LogP contribution >= 0.6 is 0 Å². The number of nitrogens with zero attached hydrogens (tertiary/aromatic N) is 1. The summed E-state index contributed by atoms with van der Waals surface area (Å²) < 4.78 is 19.2. The van der Waals surface area contributed by atoms with Gasteiger partial charge < -0.3 is 20.1 Å². The lowest BCUT2D eigenvalue weighted by molar-refractivity contribution is 0.128. The number of carbonyl (C=O) groups excluding carboxylic acids is 1. The molecule has 1 aromatic carbocycles. The van der Waals surface area contributed by atoms with Crippen LogP contribution in [0.5, 0.6) is 5.75 Å². The quantitative estimate of drug-likeness (QED) is 0.897. The fraction of sp³-hybridized carbons (Fsp3) is 0.562. The number of likely N-dealkylation sites (tertiary alicyclic amines) is 1. The van der Waals surface area contributed by atoms with Gasteiger partial charge in [0, 0.05) is 19.7 Å². The molecule has 0 aromatic heterocycles. The molecule has 2 rings (SSSR count). The van der Waals surface area contributed by atoms with E-state index in [2.05, 4.69) is 5.32 Å². The van der Waals surface area contributed by atoms with E-state index in [1.165, 1.54) is 13.2 Å². The summed E-state index contributed by atoms with van der Waals surface area (Å²) in [5.41, 5.74) is 0.342. The molecule has 0 saturated carbocycles. The number of ether oxygens (including phenoxy) is 1. The summed E-state index contributed by atoms with van der Waals surface area (Å²) in [6.45, 7) is 3.00. The van der Waals surface area contributed by atoms with Crippen molar-refractivity contribution >= 4 is 6.03 Å². The molecule has 1 fully saturated rings. The zero-order valence-corrected chi connectivity index (χ0v) is 13.0. The Bertz CT molecular complexity index is 524. The Balaban J connectivity index is 2.05. The van der Waals surface area contributed by atoms with Crippen molar-refractivity contribution in [3.05, 3.63) is 29.6 Å². The average Bonchev–Trinajstić information content (AvgIpc) is 2.54. The van der Waals surface area contributed by atoms with Gasteiger partial charge in [0.05, 0.1) is 18.7 Å². The maximum atomic E-state index is 14.0. The van der Waals surface area contributed by atoms with Crippen LogP contribution in [-0.4, -0.2) is 42.8 Å². The Morgan fingerprint density at radius 2 is 2.36 bits per heavy atom. The molecule has 6 heteroatoms. The van der Waals surface area contributed by atoms with E-state index in [9.17, 15) is 14.3 Å². The van der Waals surface area contributed by atoms with Gasteiger partial charge in [0.1, 0.15) is 11.6 Å². The number of halogens is 1. The molecule has 1 heterocycles. The van der Waals surface area contributed by atoms with Crippen molar-refractivity contribution < 1.29 is 19.0 Å². The van der Waals surface area contributed by atoms with Crippen LogP contribution in [0.25, 0.3) is 0 Å². The van der Waals surface area contributed by atoms with Crippen LogP contribution in [0.3, 0.4) is 0 Å². The lowest BCUT2D eigenvalue weighted by atomic mass is 9.99. The molecule has 0 unspecified atom stereocenters. The lowest BCUT2D eigenvalue weighted by Gasteiger charge is -2.33. The fourth-order valence-electron chi connectivity index (χ4n) is 2.86. The second-order valence-electron chi connectivity index (χ2n) is 5.66. The predicted octanol–water partition coefficient (Wildman–Crippen LogP) is 2.31.